The monoisotopic (exact) mass is 323 g/mol. The highest BCUT2D eigenvalue weighted by atomic mass is 16.2. The van der Waals surface area contributed by atoms with Crippen LogP contribution in [-0.4, -0.2) is 30.4 Å². The molecule has 24 heavy (non-hydrogen) atoms. The van der Waals surface area contributed by atoms with E-state index in [0.717, 1.165) is 37.9 Å². The summed E-state index contributed by atoms with van der Waals surface area (Å²) in [7, 11) is 1.84. The van der Waals surface area contributed by atoms with E-state index in [4.69, 9.17) is 0 Å². The number of carbonyl (C=O) groups is 1. The largest absolute Gasteiger partial charge is 0.346 e. The highest BCUT2D eigenvalue weighted by Crippen LogP contribution is 2.28. The summed E-state index contributed by atoms with van der Waals surface area (Å²) in [4.78, 5) is 16.6. The Labute approximate surface area is 144 Å². The number of fused-ring (bicyclic) bond motifs is 1. The molecule has 126 valence electrons. The summed E-state index contributed by atoms with van der Waals surface area (Å²) in [6.07, 6.45) is 9.54. The van der Waals surface area contributed by atoms with Crippen LogP contribution in [0.1, 0.15) is 44.1 Å². The third kappa shape index (κ3) is 3.46. The number of hydrogen-bond acceptors (Lipinski definition) is 3. The van der Waals surface area contributed by atoms with Gasteiger partial charge in [0.05, 0.1) is 0 Å². The van der Waals surface area contributed by atoms with Crippen LogP contribution < -0.4 is 4.90 Å². The lowest BCUT2D eigenvalue weighted by Crippen LogP contribution is -2.39. The topological polar surface area (TPSA) is 47.3 Å². The van der Waals surface area contributed by atoms with E-state index >= 15 is 0 Å². The van der Waals surface area contributed by atoms with Crippen molar-refractivity contribution < 1.29 is 4.79 Å². The van der Waals surface area contributed by atoms with E-state index in [1.54, 1.807) is 11.1 Å². The predicted molar refractivity (Wildman–Crippen MR) is 95.4 cm³/mol. The van der Waals surface area contributed by atoms with Crippen LogP contribution in [0.3, 0.4) is 0 Å². The van der Waals surface area contributed by atoms with Crippen LogP contribution in [0.2, 0.25) is 0 Å². The van der Waals surface area contributed by atoms with Gasteiger partial charge in [0.25, 0.3) is 5.91 Å². The first-order valence-corrected chi connectivity index (χ1v) is 8.94. The maximum absolute atomic E-state index is 12.8. The molecule has 1 saturated carbocycles. The van der Waals surface area contributed by atoms with E-state index in [1.807, 2.05) is 19.2 Å². The zero-order valence-electron chi connectivity index (χ0n) is 14.4. The van der Waals surface area contributed by atoms with Crippen molar-refractivity contribution in [3.63, 3.8) is 0 Å². The standard InChI is InChI=1S/C20H25N3O/c1-22(18-10-3-2-4-11-18)20(24)17(14-21)15-23-13-7-9-16-8-5-6-12-19(16)23/h5-6,8,12,15,18H,2-4,7,9-11,13H2,1H3/b17-15-. The number of benzene rings is 1. The molecule has 4 heteroatoms. The number of hydrogen-bond donors (Lipinski definition) is 0. The zero-order chi connectivity index (χ0) is 16.9. The van der Waals surface area contributed by atoms with Crippen molar-refractivity contribution in [2.45, 2.75) is 51.0 Å². The minimum atomic E-state index is -0.146. The quantitative estimate of drug-likeness (QED) is 0.630. The van der Waals surface area contributed by atoms with Crippen molar-refractivity contribution in [3.8, 4) is 6.07 Å². The number of para-hydroxylation sites is 1. The van der Waals surface area contributed by atoms with Crippen LogP contribution in [0.25, 0.3) is 0 Å². The molecule has 1 aliphatic heterocycles. The van der Waals surface area contributed by atoms with Gasteiger partial charge in [0, 0.05) is 31.5 Å². The van der Waals surface area contributed by atoms with E-state index in [-0.39, 0.29) is 17.5 Å². The van der Waals surface area contributed by atoms with Gasteiger partial charge in [0.1, 0.15) is 11.6 Å². The zero-order valence-corrected chi connectivity index (χ0v) is 14.4. The molecule has 0 spiro atoms. The minimum absolute atomic E-state index is 0.146. The van der Waals surface area contributed by atoms with Gasteiger partial charge in [0.2, 0.25) is 0 Å². The van der Waals surface area contributed by atoms with E-state index in [0.29, 0.717) is 0 Å². The predicted octanol–water partition coefficient (Wildman–Crippen LogP) is 3.64. The lowest BCUT2D eigenvalue weighted by atomic mass is 9.94. The number of likely N-dealkylation sites (N-methyl/N-ethyl adjacent to an activating group) is 1. The average molecular weight is 323 g/mol. The fraction of sp³-hybridized carbons (Fsp3) is 0.500. The molecule has 4 nitrogen and oxygen atoms in total. The molecule has 1 aliphatic carbocycles. The average Bonchev–Trinajstić information content (AvgIpc) is 2.65. The molecule has 1 amide bonds. The van der Waals surface area contributed by atoms with Crippen LogP contribution in [-0.2, 0) is 11.2 Å². The molecule has 0 aromatic heterocycles. The Morgan fingerprint density at radius 1 is 1.25 bits per heavy atom. The molecule has 1 aromatic carbocycles. The summed E-state index contributed by atoms with van der Waals surface area (Å²) in [6, 6.07) is 10.6. The highest BCUT2D eigenvalue weighted by molar-refractivity contribution is 5.97. The number of aryl methyl sites for hydroxylation is 1. The first-order chi connectivity index (χ1) is 11.7. The molecule has 3 rings (SSSR count). The van der Waals surface area contributed by atoms with Gasteiger partial charge >= 0.3 is 0 Å². The first kappa shape index (κ1) is 16.6. The molecular weight excluding hydrogens is 298 g/mol. The molecule has 1 fully saturated rings. The minimum Gasteiger partial charge on any atom is -0.346 e. The molecule has 0 saturated heterocycles. The van der Waals surface area contributed by atoms with E-state index in [1.165, 1.54) is 24.8 Å². The third-order valence-corrected chi connectivity index (χ3v) is 5.22. The van der Waals surface area contributed by atoms with Crippen LogP contribution in [0.5, 0.6) is 0 Å². The summed E-state index contributed by atoms with van der Waals surface area (Å²) in [5, 5.41) is 9.53. The number of nitrogens with zero attached hydrogens (tertiary/aromatic N) is 3. The fourth-order valence-corrected chi connectivity index (χ4v) is 3.81. The number of carbonyl (C=O) groups excluding carboxylic acids is 1. The van der Waals surface area contributed by atoms with Gasteiger partial charge in [-0.2, -0.15) is 5.26 Å². The summed E-state index contributed by atoms with van der Waals surface area (Å²) in [5.41, 5.74) is 2.63. The molecule has 0 unspecified atom stereocenters. The van der Waals surface area contributed by atoms with Crippen LogP contribution in [0.4, 0.5) is 5.69 Å². The van der Waals surface area contributed by atoms with Crippen LogP contribution in [0, 0.1) is 11.3 Å². The molecule has 0 atom stereocenters. The second-order valence-corrected chi connectivity index (χ2v) is 6.79. The number of nitriles is 1. The Balaban J connectivity index is 1.80. The molecule has 1 aromatic rings. The summed E-state index contributed by atoms with van der Waals surface area (Å²) in [5.74, 6) is -0.146. The lowest BCUT2D eigenvalue weighted by molar-refractivity contribution is -0.128. The van der Waals surface area contributed by atoms with E-state index in [2.05, 4.69) is 23.1 Å². The van der Waals surface area contributed by atoms with Crippen molar-refractivity contribution >= 4 is 11.6 Å². The molecule has 0 bridgehead atoms. The maximum Gasteiger partial charge on any atom is 0.266 e. The number of amides is 1. The maximum atomic E-state index is 12.8. The van der Waals surface area contributed by atoms with Gasteiger partial charge in [-0.3, -0.25) is 4.79 Å². The Bertz CT molecular complexity index is 668. The Morgan fingerprint density at radius 3 is 2.75 bits per heavy atom. The van der Waals surface area contributed by atoms with Crippen molar-refractivity contribution in [1.29, 1.82) is 5.26 Å². The van der Waals surface area contributed by atoms with Crippen molar-refractivity contribution in [3.05, 3.63) is 41.6 Å². The second kappa shape index (κ2) is 7.53. The Kier molecular flexibility index (Phi) is 5.20. The van der Waals surface area contributed by atoms with Gasteiger partial charge in [-0.05, 0) is 37.3 Å². The third-order valence-electron chi connectivity index (χ3n) is 5.22. The molecule has 1 heterocycles. The first-order valence-electron chi connectivity index (χ1n) is 8.94. The second-order valence-electron chi connectivity index (χ2n) is 6.79. The molecule has 0 N–H and O–H groups in total. The molecular formula is C20H25N3O. The van der Waals surface area contributed by atoms with Gasteiger partial charge in [-0.15, -0.1) is 0 Å². The van der Waals surface area contributed by atoms with Gasteiger partial charge in [-0.1, -0.05) is 37.5 Å². The SMILES string of the molecule is CN(C(=O)/C(C#N)=C\N1CCCc2ccccc21)C1CCCCC1. The summed E-state index contributed by atoms with van der Waals surface area (Å²) < 4.78 is 0. The smallest absolute Gasteiger partial charge is 0.266 e. The highest BCUT2D eigenvalue weighted by Gasteiger charge is 2.25. The van der Waals surface area contributed by atoms with Crippen LogP contribution >= 0.6 is 0 Å². The van der Waals surface area contributed by atoms with Crippen molar-refractivity contribution in [2.75, 3.05) is 18.5 Å². The van der Waals surface area contributed by atoms with Gasteiger partial charge < -0.3 is 9.80 Å². The normalized spacial score (nSPS) is 18.7. The van der Waals surface area contributed by atoms with Crippen molar-refractivity contribution in [2.24, 2.45) is 0 Å². The van der Waals surface area contributed by atoms with E-state index in [9.17, 15) is 10.1 Å². The fourth-order valence-electron chi connectivity index (χ4n) is 3.81. The molecule has 0 radical (unpaired) electrons. The lowest BCUT2D eigenvalue weighted by Gasteiger charge is -2.32. The van der Waals surface area contributed by atoms with Crippen molar-refractivity contribution in [1.82, 2.24) is 4.90 Å². The summed E-state index contributed by atoms with van der Waals surface area (Å²) >= 11 is 0. The number of rotatable bonds is 3. The Morgan fingerprint density at radius 2 is 2.00 bits per heavy atom. The van der Waals surface area contributed by atoms with Gasteiger partial charge in [-0.25, -0.2) is 0 Å². The van der Waals surface area contributed by atoms with Crippen LogP contribution in [0.15, 0.2) is 36.0 Å². The van der Waals surface area contributed by atoms with Gasteiger partial charge in [0.15, 0.2) is 0 Å². The summed E-state index contributed by atoms with van der Waals surface area (Å²) in [6.45, 7) is 0.850. The number of anilines is 1. The Hall–Kier alpha value is -2.28. The molecule has 2 aliphatic rings. The van der Waals surface area contributed by atoms with E-state index < -0.39 is 0 Å².